The normalized spacial score (nSPS) is 13.7. The largest absolute Gasteiger partial charge is 0.490 e. The fourth-order valence-corrected chi connectivity index (χ4v) is 3.28. The van der Waals surface area contributed by atoms with Crippen molar-refractivity contribution in [3.05, 3.63) is 59.2 Å². The van der Waals surface area contributed by atoms with Gasteiger partial charge in [0.2, 0.25) is 0 Å². The van der Waals surface area contributed by atoms with E-state index in [0.717, 1.165) is 36.4 Å². The highest BCUT2D eigenvalue weighted by Crippen LogP contribution is 2.38. The van der Waals surface area contributed by atoms with Crippen LogP contribution in [0.5, 0.6) is 5.75 Å². The van der Waals surface area contributed by atoms with Crippen LogP contribution in [0.4, 0.5) is 26.3 Å². The minimum Gasteiger partial charge on any atom is -0.490 e. The molecule has 0 bridgehead atoms. The topological polar surface area (TPSA) is 64.3 Å². The Kier molecular flexibility index (Phi) is 8.36. The third-order valence-corrected chi connectivity index (χ3v) is 5.71. The number of carbonyl (C=O) groups excluding carboxylic acids is 1. The molecule has 2 aromatic rings. The van der Waals surface area contributed by atoms with Crippen molar-refractivity contribution in [1.29, 1.82) is 0 Å². The predicted molar refractivity (Wildman–Crippen MR) is 121 cm³/mol. The monoisotopic (exact) mass is 526 g/mol. The number of halogens is 6. The zero-order chi connectivity index (χ0) is 25.0. The number of carbonyl (C=O) groups is 1. The van der Waals surface area contributed by atoms with E-state index in [9.17, 15) is 31.1 Å². The number of nitrogens with two attached hydrogens (primary N) is 1. The molecule has 1 amide bonds. The van der Waals surface area contributed by atoms with E-state index < -0.39 is 41.1 Å². The van der Waals surface area contributed by atoms with Crippen molar-refractivity contribution >= 4 is 52.5 Å². The first-order valence-electron chi connectivity index (χ1n) is 8.92. The lowest BCUT2D eigenvalue weighted by Gasteiger charge is -2.30. The van der Waals surface area contributed by atoms with Gasteiger partial charge in [-0.1, -0.05) is 30.5 Å². The minimum atomic E-state index is -4.71. The highest BCUT2D eigenvalue weighted by atomic mass is 32.2. The molecule has 3 N–H and O–H groups in total. The number of nitrogens with one attached hydrogen (secondary N) is 1. The van der Waals surface area contributed by atoms with Gasteiger partial charge >= 0.3 is 11.7 Å². The zero-order valence-corrected chi connectivity index (χ0v) is 19.2. The molecule has 0 aromatic heterocycles. The molecule has 0 heterocycles. The number of thiocarbonyl (C=S) groups is 2. The number of rotatable bonds is 8. The van der Waals surface area contributed by atoms with Gasteiger partial charge < -0.3 is 15.8 Å². The highest BCUT2D eigenvalue weighted by Gasteiger charge is 2.37. The van der Waals surface area contributed by atoms with Crippen LogP contribution in [-0.4, -0.2) is 33.9 Å². The van der Waals surface area contributed by atoms with Crippen molar-refractivity contribution in [3.8, 4) is 5.75 Å². The number of hydrogen-bond acceptors (Lipinski definition) is 5. The summed E-state index contributed by atoms with van der Waals surface area (Å²) < 4.78 is 82.7. The maximum Gasteiger partial charge on any atom is 0.446 e. The average Bonchev–Trinajstić information content (AvgIpc) is 2.70. The first-order chi connectivity index (χ1) is 15.1. The quantitative estimate of drug-likeness (QED) is 0.268. The third-order valence-electron chi connectivity index (χ3n) is 4.25. The van der Waals surface area contributed by atoms with Gasteiger partial charge in [0, 0.05) is 15.8 Å². The molecular weight excluding hydrogens is 510 g/mol. The van der Waals surface area contributed by atoms with Gasteiger partial charge in [0.05, 0.1) is 5.56 Å². The second kappa shape index (κ2) is 10.3. The van der Waals surface area contributed by atoms with Crippen molar-refractivity contribution in [2.24, 2.45) is 5.73 Å². The third kappa shape index (κ3) is 7.57. The molecule has 0 saturated heterocycles. The molecule has 1 unspecified atom stereocenters. The van der Waals surface area contributed by atoms with E-state index in [2.05, 4.69) is 5.32 Å². The van der Waals surface area contributed by atoms with Crippen LogP contribution in [0.3, 0.4) is 0 Å². The molecule has 2 aromatic carbocycles. The standard InChI is InChI=1S/C20H16F6N2O2S3/c1-18(17(27)32,10-30-15-8-11(9-31)2-7-14(15)19(21,22)23)28-16(29)12-3-5-13(6-4-12)33-20(24,25)26/h2-9H,10H2,1H3,(H2,27,32)(H,28,29). The molecule has 0 radical (unpaired) electrons. The fourth-order valence-electron chi connectivity index (χ4n) is 2.49. The highest BCUT2D eigenvalue weighted by molar-refractivity contribution is 8.00. The molecule has 1 atom stereocenters. The van der Waals surface area contributed by atoms with Crippen molar-refractivity contribution < 1.29 is 35.9 Å². The Bertz CT molecular complexity index is 1040. The molecule has 178 valence electrons. The molecule has 0 aliphatic heterocycles. The molecule has 4 nitrogen and oxygen atoms in total. The zero-order valence-electron chi connectivity index (χ0n) is 16.7. The Morgan fingerprint density at radius 2 is 1.73 bits per heavy atom. The van der Waals surface area contributed by atoms with Crippen LogP contribution in [0, 0.1) is 0 Å². The minimum absolute atomic E-state index is 0.0114. The van der Waals surface area contributed by atoms with E-state index >= 15 is 0 Å². The van der Waals surface area contributed by atoms with Gasteiger partial charge in [-0.2, -0.15) is 26.3 Å². The second-order valence-corrected chi connectivity index (χ2v) is 8.70. The maximum absolute atomic E-state index is 13.3. The molecular formula is C20H16F6N2O2S3. The summed E-state index contributed by atoms with van der Waals surface area (Å²) in [5.74, 6) is -1.30. The SMILES string of the molecule is CC(COc1cc(C=S)ccc1C(F)(F)F)(NC(=O)c1ccc(SC(F)(F)F)cc1)C(N)=S. The average molecular weight is 527 g/mol. The predicted octanol–water partition coefficient (Wildman–Crippen LogP) is 5.52. The smallest absolute Gasteiger partial charge is 0.446 e. The fraction of sp³-hybridized carbons (Fsp3) is 0.250. The second-order valence-electron chi connectivity index (χ2n) is 6.88. The van der Waals surface area contributed by atoms with Gasteiger partial charge in [-0.3, -0.25) is 4.79 Å². The Labute approximate surface area is 199 Å². The summed E-state index contributed by atoms with van der Waals surface area (Å²) in [7, 11) is 0. The summed E-state index contributed by atoms with van der Waals surface area (Å²) in [6.07, 6.45) is -4.71. The Morgan fingerprint density at radius 3 is 2.21 bits per heavy atom. The van der Waals surface area contributed by atoms with Crippen molar-refractivity contribution in [2.75, 3.05) is 6.61 Å². The van der Waals surface area contributed by atoms with Crippen LogP contribution in [0.15, 0.2) is 47.4 Å². The molecule has 0 aliphatic carbocycles. The van der Waals surface area contributed by atoms with E-state index in [1.165, 1.54) is 18.4 Å². The summed E-state index contributed by atoms with van der Waals surface area (Å²) in [6, 6.07) is 7.61. The summed E-state index contributed by atoms with van der Waals surface area (Å²) in [5, 5.41) is 3.63. The van der Waals surface area contributed by atoms with Crippen molar-refractivity contribution in [1.82, 2.24) is 5.32 Å². The Balaban J connectivity index is 2.22. The summed E-state index contributed by atoms with van der Waals surface area (Å²) >= 11 is 9.36. The van der Waals surface area contributed by atoms with Crippen molar-refractivity contribution in [3.63, 3.8) is 0 Å². The van der Waals surface area contributed by atoms with E-state index in [4.69, 9.17) is 34.9 Å². The molecule has 33 heavy (non-hydrogen) atoms. The number of alkyl halides is 6. The molecule has 0 aliphatic rings. The van der Waals surface area contributed by atoms with Gasteiger partial charge in [-0.25, -0.2) is 0 Å². The Hall–Kier alpha value is -2.38. The Morgan fingerprint density at radius 1 is 1.12 bits per heavy atom. The number of hydrogen-bond donors (Lipinski definition) is 2. The molecule has 0 fully saturated rings. The summed E-state index contributed by atoms with van der Waals surface area (Å²) in [4.78, 5) is 12.2. The van der Waals surface area contributed by atoms with Gasteiger partial charge in [-0.05, 0) is 60.6 Å². The van der Waals surface area contributed by atoms with Gasteiger partial charge in [0.15, 0.2) is 0 Å². The van der Waals surface area contributed by atoms with Gasteiger partial charge in [0.1, 0.15) is 22.9 Å². The van der Waals surface area contributed by atoms with E-state index in [1.54, 1.807) is 0 Å². The van der Waals surface area contributed by atoms with Crippen LogP contribution in [-0.2, 0) is 6.18 Å². The van der Waals surface area contributed by atoms with E-state index in [0.29, 0.717) is 5.56 Å². The molecule has 13 heteroatoms. The first-order valence-corrected chi connectivity index (χ1v) is 10.6. The van der Waals surface area contributed by atoms with Crippen LogP contribution < -0.4 is 15.8 Å². The lowest BCUT2D eigenvalue weighted by Crippen LogP contribution is -2.58. The van der Waals surface area contributed by atoms with Gasteiger partial charge in [-0.15, -0.1) is 0 Å². The van der Waals surface area contributed by atoms with Gasteiger partial charge in [0.25, 0.3) is 5.91 Å². The first kappa shape index (κ1) is 26.9. The van der Waals surface area contributed by atoms with Crippen LogP contribution in [0.2, 0.25) is 0 Å². The van der Waals surface area contributed by atoms with Crippen molar-refractivity contribution in [2.45, 2.75) is 29.0 Å². The number of benzene rings is 2. The van der Waals surface area contributed by atoms with Crippen LogP contribution in [0.1, 0.15) is 28.4 Å². The summed E-state index contributed by atoms with van der Waals surface area (Å²) in [5.41, 5.74) is -1.14. The maximum atomic E-state index is 13.3. The molecule has 0 saturated carbocycles. The van der Waals surface area contributed by atoms with E-state index in [-0.39, 0.29) is 27.2 Å². The lowest BCUT2D eigenvalue weighted by molar-refractivity contribution is -0.139. The van der Waals surface area contributed by atoms with Crippen LogP contribution >= 0.6 is 36.2 Å². The van der Waals surface area contributed by atoms with E-state index in [1.807, 2.05) is 0 Å². The number of amides is 1. The molecule has 0 spiro atoms. The molecule has 2 rings (SSSR count). The summed E-state index contributed by atoms with van der Waals surface area (Å²) in [6.45, 7) is 0.789. The number of ether oxygens (including phenoxy) is 1. The number of thioether (sulfide) groups is 1. The van der Waals surface area contributed by atoms with Crippen LogP contribution in [0.25, 0.3) is 0 Å². The lowest BCUT2D eigenvalue weighted by atomic mass is 10.0.